The van der Waals surface area contributed by atoms with Crippen LogP contribution in [0.15, 0.2) is 0 Å². The SMILES string of the molecule is CN1CCN(C(C)(C)CNC2CCCS(=O)(=O)C2)CC1. The van der Waals surface area contributed by atoms with Gasteiger partial charge in [0.2, 0.25) is 0 Å². The minimum Gasteiger partial charge on any atom is -0.311 e. The zero-order valence-electron chi connectivity index (χ0n) is 13.1. The lowest BCUT2D eigenvalue weighted by molar-refractivity contribution is 0.0603. The Kier molecular flexibility index (Phi) is 5.10. The van der Waals surface area contributed by atoms with E-state index in [1.807, 2.05) is 0 Å². The lowest BCUT2D eigenvalue weighted by Gasteiger charge is -2.44. The van der Waals surface area contributed by atoms with Crippen molar-refractivity contribution in [1.29, 1.82) is 0 Å². The third-order valence-electron chi connectivity index (χ3n) is 4.65. The first-order chi connectivity index (χ1) is 9.28. The maximum atomic E-state index is 11.7. The Morgan fingerprint density at radius 2 is 1.85 bits per heavy atom. The Bertz CT molecular complexity index is 414. The molecule has 0 spiro atoms. The fraction of sp³-hybridized carbons (Fsp3) is 1.00. The second kappa shape index (κ2) is 6.30. The van der Waals surface area contributed by atoms with Crippen LogP contribution in [0.25, 0.3) is 0 Å². The van der Waals surface area contributed by atoms with Crippen LogP contribution in [0.2, 0.25) is 0 Å². The first-order valence-electron chi connectivity index (χ1n) is 7.66. The Morgan fingerprint density at radius 3 is 2.45 bits per heavy atom. The predicted molar refractivity (Wildman–Crippen MR) is 82.8 cm³/mol. The lowest BCUT2D eigenvalue weighted by atomic mass is 10.0. The molecule has 0 amide bonds. The van der Waals surface area contributed by atoms with Crippen molar-refractivity contribution in [2.45, 2.75) is 38.3 Å². The van der Waals surface area contributed by atoms with E-state index < -0.39 is 9.84 Å². The molecule has 2 rings (SSSR count). The second-order valence-electron chi connectivity index (χ2n) is 6.94. The topological polar surface area (TPSA) is 52.6 Å². The average molecular weight is 303 g/mol. The van der Waals surface area contributed by atoms with E-state index in [2.05, 4.69) is 36.0 Å². The van der Waals surface area contributed by atoms with E-state index in [0.29, 0.717) is 11.5 Å². The highest BCUT2D eigenvalue weighted by Gasteiger charge is 2.31. The Morgan fingerprint density at radius 1 is 1.20 bits per heavy atom. The van der Waals surface area contributed by atoms with E-state index in [0.717, 1.165) is 45.6 Å². The molecule has 0 bridgehead atoms. The molecule has 2 fully saturated rings. The molecule has 0 aromatic rings. The molecule has 0 saturated carbocycles. The van der Waals surface area contributed by atoms with Gasteiger partial charge in [0.25, 0.3) is 0 Å². The van der Waals surface area contributed by atoms with Crippen LogP contribution in [-0.2, 0) is 9.84 Å². The first kappa shape index (κ1) is 16.2. The van der Waals surface area contributed by atoms with Gasteiger partial charge in [0, 0.05) is 44.3 Å². The number of likely N-dealkylation sites (N-methyl/N-ethyl adjacent to an activating group) is 1. The van der Waals surface area contributed by atoms with Crippen LogP contribution in [0.5, 0.6) is 0 Å². The molecular weight excluding hydrogens is 274 g/mol. The summed E-state index contributed by atoms with van der Waals surface area (Å²) in [6.45, 7) is 9.77. The van der Waals surface area contributed by atoms with Crippen LogP contribution in [0.4, 0.5) is 0 Å². The Labute approximate surface area is 123 Å². The fourth-order valence-corrected chi connectivity index (χ4v) is 4.77. The van der Waals surface area contributed by atoms with Crippen molar-refractivity contribution in [3.8, 4) is 0 Å². The molecule has 1 unspecified atom stereocenters. The molecular formula is C14H29N3O2S. The van der Waals surface area contributed by atoms with Crippen LogP contribution >= 0.6 is 0 Å². The van der Waals surface area contributed by atoms with Crippen LogP contribution < -0.4 is 5.32 Å². The zero-order chi connectivity index (χ0) is 14.8. The molecule has 1 atom stereocenters. The molecule has 5 nitrogen and oxygen atoms in total. The van der Waals surface area contributed by atoms with Gasteiger partial charge in [-0.2, -0.15) is 0 Å². The summed E-state index contributed by atoms with van der Waals surface area (Å²) in [5, 5.41) is 3.49. The van der Waals surface area contributed by atoms with Gasteiger partial charge in [-0.05, 0) is 33.7 Å². The zero-order valence-corrected chi connectivity index (χ0v) is 13.9. The average Bonchev–Trinajstić information content (AvgIpc) is 2.36. The Balaban J connectivity index is 1.82. The molecule has 2 saturated heterocycles. The number of nitrogens with zero attached hydrogens (tertiary/aromatic N) is 2. The minimum atomic E-state index is -2.81. The highest BCUT2D eigenvalue weighted by molar-refractivity contribution is 7.91. The Hall–Kier alpha value is -0.170. The van der Waals surface area contributed by atoms with Crippen molar-refractivity contribution < 1.29 is 8.42 Å². The van der Waals surface area contributed by atoms with Crippen LogP contribution in [0.1, 0.15) is 26.7 Å². The summed E-state index contributed by atoms with van der Waals surface area (Å²) < 4.78 is 23.3. The van der Waals surface area contributed by atoms with E-state index in [9.17, 15) is 8.42 Å². The third-order valence-corrected chi connectivity index (χ3v) is 6.47. The largest absolute Gasteiger partial charge is 0.311 e. The summed E-state index contributed by atoms with van der Waals surface area (Å²) in [7, 11) is -0.652. The van der Waals surface area contributed by atoms with Crippen molar-refractivity contribution in [2.24, 2.45) is 0 Å². The molecule has 2 aliphatic rings. The van der Waals surface area contributed by atoms with Crippen LogP contribution in [-0.4, -0.2) is 81.1 Å². The minimum absolute atomic E-state index is 0.0858. The highest BCUT2D eigenvalue weighted by Crippen LogP contribution is 2.18. The van der Waals surface area contributed by atoms with Gasteiger partial charge >= 0.3 is 0 Å². The van der Waals surface area contributed by atoms with Gasteiger partial charge < -0.3 is 10.2 Å². The monoisotopic (exact) mass is 303 g/mol. The van der Waals surface area contributed by atoms with Crippen molar-refractivity contribution in [3.63, 3.8) is 0 Å². The van der Waals surface area contributed by atoms with E-state index in [1.165, 1.54) is 0 Å². The number of nitrogens with one attached hydrogen (secondary N) is 1. The third kappa shape index (κ3) is 4.41. The van der Waals surface area contributed by atoms with Gasteiger partial charge in [0.1, 0.15) is 0 Å². The van der Waals surface area contributed by atoms with Crippen molar-refractivity contribution >= 4 is 9.84 Å². The van der Waals surface area contributed by atoms with E-state index in [-0.39, 0.29) is 11.6 Å². The molecule has 6 heteroatoms. The molecule has 0 aromatic heterocycles. The van der Waals surface area contributed by atoms with Gasteiger partial charge in [0.15, 0.2) is 9.84 Å². The number of piperazine rings is 1. The van der Waals surface area contributed by atoms with Crippen molar-refractivity contribution in [1.82, 2.24) is 15.1 Å². The molecule has 118 valence electrons. The lowest BCUT2D eigenvalue weighted by Crippen LogP contribution is -2.58. The molecule has 2 heterocycles. The summed E-state index contributed by atoms with van der Waals surface area (Å²) in [4.78, 5) is 4.87. The summed E-state index contributed by atoms with van der Waals surface area (Å²) in [6.07, 6.45) is 1.78. The fourth-order valence-electron chi connectivity index (χ4n) is 3.10. The molecule has 2 aliphatic heterocycles. The standard InChI is InChI=1S/C14H29N3O2S/c1-14(2,17-8-6-16(3)7-9-17)12-15-13-5-4-10-20(18,19)11-13/h13,15H,4-12H2,1-3H3. The quantitative estimate of drug-likeness (QED) is 0.803. The van der Waals surface area contributed by atoms with E-state index >= 15 is 0 Å². The summed E-state index contributed by atoms with van der Waals surface area (Å²) in [6, 6.07) is 0.139. The van der Waals surface area contributed by atoms with Gasteiger partial charge in [-0.25, -0.2) is 8.42 Å². The second-order valence-corrected chi connectivity index (χ2v) is 9.17. The smallest absolute Gasteiger partial charge is 0.151 e. The molecule has 0 aromatic carbocycles. The summed E-state index contributed by atoms with van der Waals surface area (Å²) >= 11 is 0. The van der Waals surface area contributed by atoms with Crippen molar-refractivity contribution in [2.75, 3.05) is 51.3 Å². The molecule has 20 heavy (non-hydrogen) atoms. The summed E-state index contributed by atoms with van der Waals surface area (Å²) in [5.41, 5.74) is 0.0858. The number of rotatable bonds is 4. The first-order valence-corrected chi connectivity index (χ1v) is 9.48. The molecule has 0 radical (unpaired) electrons. The number of hydrogen-bond acceptors (Lipinski definition) is 5. The number of hydrogen-bond donors (Lipinski definition) is 1. The van der Waals surface area contributed by atoms with E-state index in [4.69, 9.17) is 0 Å². The molecule has 1 N–H and O–H groups in total. The van der Waals surface area contributed by atoms with Gasteiger partial charge in [-0.15, -0.1) is 0 Å². The maximum Gasteiger partial charge on any atom is 0.151 e. The maximum absolute atomic E-state index is 11.7. The molecule has 0 aliphatic carbocycles. The summed E-state index contributed by atoms with van der Waals surface area (Å²) in [5.74, 6) is 0.679. The van der Waals surface area contributed by atoms with Gasteiger partial charge in [-0.1, -0.05) is 0 Å². The highest BCUT2D eigenvalue weighted by atomic mass is 32.2. The predicted octanol–water partition coefficient (Wildman–Crippen LogP) is 0.179. The number of sulfone groups is 1. The van der Waals surface area contributed by atoms with Crippen LogP contribution in [0, 0.1) is 0 Å². The van der Waals surface area contributed by atoms with Gasteiger partial charge in [0.05, 0.1) is 11.5 Å². The van der Waals surface area contributed by atoms with Crippen molar-refractivity contribution in [3.05, 3.63) is 0 Å². The van der Waals surface area contributed by atoms with Crippen LogP contribution in [0.3, 0.4) is 0 Å². The van der Waals surface area contributed by atoms with Gasteiger partial charge in [-0.3, -0.25) is 4.90 Å². The van der Waals surface area contributed by atoms with E-state index in [1.54, 1.807) is 0 Å². The normalized spacial score (nSPS) is 29.4.